The lowest BCUT2D eigenvalue weighted by Gasteiger charge is -2.33. The predicted molar refractivity (Wildman–Crippen MR) is 106 cm³/mol. The standard InChI is InChI=1S/C20H28N6O/c1-13-3-4-14(2)17(9-13)24-20-19-15(5-8-26(19)23-12-22-20)10-25-7-6-16(21)18(27)11-25/h3,5,8-9,12,14,16,18,27H,4,6-7,10-11,21H2,1-2H3,(H,22,23,24)/t14?,16?,18-/m0/s1. The highest BCUT2D eigenvalue weighted by Crippen LogP contribution is 2.28. The van der Waals surface area contributed by atoms with E-state index in [9.17, 15) is 5.11 Å². The molecule has 0 saturated carbocycles. The van der Waals surface area contributed by atoms with Crippen LogP contribution in [-0.2, 0) is 6.54 Å². The van der Waals surface area contributed by atoms with E-state index in [2.05, 4.69) is 52.4 Å². The number of hydrogen-bond donors (Lipinski definition) is 3. The Hall–Kier alpha value is -2.22. The van der Waals surface area contributed by atoms with Crippen LogP contribution in [0.4, 0.5) is 5.82 Å². The fraction of sp³-hybridized carbons (Fsp3) is 0.500. The number of aliphatic hydroxyl groups is 1. The summed E-state index contributed by atoms with van der Waals surface area (Å²) in [6, 6.07) is 1.96. The van der Waals surface area contributed by atoms with E-state index in [1.54, 1.807) is 6.33 Å². The van der Waals surface area contributed by atoms with Crippen LogP contribution in [-0.4, -0.2) is 49.8 Å². The summed E-state index contributed by atoms with van der Waals surface area (Å²) in [7, 11) is 0. The molecule has 1 aliphatic heterocycles. The molecule has 2 aromatic rings. The lowest BCUT2D eigenvalue weighted by atomic mass is 9.95. The van der Waals surface area contributed by atoms with Gasteiger partial charge in [0.25, 0.3) is 0 Å². The maximum Gasteiger partial charge on any atom is 0.158 e. The number of nitrogens with one attached hydrogen (secondary N) is 1. The van der Waals surface area contributed by atoms with Crippen LogP contribution in [0, 0.1) is 5.92 Å². The van der Waals surface area contributed by atoms with Gasteiger partial charge in [-0.1, -0.05) is 18.6 Å². The zero-order valence-corrected chi connectivity index (χ0v) is 16.0. The molecule has 0 amide bonds. The first-order chi connectivity index (χ1) is 13.0. The van der Waals surface area contributed by atoms with Gasteiger partial charge in [0.15, 0.2) is 5.82 Å². The quantitative estimate of drug-likeness (QED) is 0.764. The van der Waals surface area contributed by atoms with Crippen molar-refractivity contribution in [3.8, 4) is 0 Å². The number of aliphatic hydroxyl groups excluding tert-OH is 1. The summed E-state index contributed by atoms with van der Waals surface area (Å²) >= 11 is 0. The molecular weight excluding hydrogens is 340 g/mol. The van der Waals surface area contributed by atoms with Crippen molar-refractivity contribution < 1.29 is 5.11 Å². The fourth-order valence-corrected chi connectivity index (χ4v) is 3.87. The number of aromatic nitrogens is 3. The number of nitrogens with zero attached hydrogens (tertiary/aromatic N) is 4. The second kappa shape index (κ2) is 7.42. The largest absolute Gasteiger partial charge is 0.390 e. The summed E-state index contributed by atoms with van der Waals surface area (Å²) in [6.45, 7) is 6.57. The highest BCUT2D eigenvalue weighted by atomic mass is 16.3. The number of nitrogens with two attached hydrogens (primary N) is 1. The average molecular weight is 368 g/mol. The number of β-amino-alcohol motifs (C(OH)–C–C–N with tert-alkyl or cyclic N) is 1. The monoisotopic (exact) mass is 368 g/mol. The molecule has 3 heterocycles. The second-order valence-corrected chi connectivity index (χ2v) is 7.81. The Morgan fingerprint density at radius 2 is 2.26 bits per heavy atom. The van der Waals surface area contributed by atoms with E-state index in [0.717, 1.165) is 42.8 Å². The van der Waals surface area contributed by atoms with Gasteiger partial charge in [-0.25, -0.2) is 9.50 Å². The minimum absolute atomic E-state index is 0.122. The molecule has 2 aliphatic rings. The van der Waals surface area contributed by atoms with Gasteiger partial charge in [-0.3, -0.25) is 4.90 Å². The zero-order chi connectivity index (χ0) is 19.0. The van der Waals surface area contributed by atoms with Crippen molar-refractivity contribution >= 4 is 11.3 Å². The molecule has 7 heteroatoms. The number of fused-ring (bicyclic) bond motifs is 1. The molecule has 2 aromatic heterocycles. The van der Waals surface area contributed by atoms with E-state index >= 15 is 0 Å². The topological polar surface area (TPSA) is 91.7 Å². The highest BCUT2D eigenvalue weighted by molar-refractivity contribution is 5.73. The van der Waals surface area contributed by atoms with E-state index in [0.29, 0.717) is 12.5 Å². The van der Waals surface area contributed by atoms with Gasteiger partial charge in [-0.2, -0.15) is 5.10 Å². The Bertz CT molecular complexity index is 886. The molecule has 0 aromatic carbocycles. The first kappa shape index (κ1) is 18.2. The van der Waals surface area contributed by atoms with Gasteiger partial charge < -0.3 is 16.2 Å². The summed E-state index contributed by atoms with van der Waals surface area (Å²) in [5.74, 6) is 1.26. The number of rotatable bonds is 4. The second-order valence-electron chi connectivity index (χ2n) is 7.81. The molecule has 4 rings (SSSR count). The Balaban J connectivity index is 1.61. The molecule has 0 bridgehead atoms. The lowest BCUT2D eigenvalue weighted by molar-refractivity contribution is 0.0501. The van der Waals surface area contributed by atoms with Gasteiger partial charge in [0.1, 0.15) is 11.8 Å². The van der Waals surface area contributed by atoms with Crippen LogP contribution >= 0.6 is 0 Å². The third kappa shape index (κ3) is 3.76. The normalized spacial score (nSPS) is 26.7. The molecule has 3 atom stereocenters. The zero-order valence-electron chi connectivity index (χ0n) is 16.0. The van der Waals surface area contributed by atoms with E-state index in [1.807, 2.05) is 10.7 Å². The van der Waals surface area contributed by atoms with Crippen LogP contribution in [0.1, 0.15) is 32.3 Å². The highest BCUT2D eigenvalue weighted by Gasteiger charge is 2.25. The number of likely N-dealkylation sites (tertiary alicyclic amines) is 1. The van der Waals surface area contributed by atoms with Crippen molar-refractivity contribution in [3.05, 3.63) is 47.6 Å². The Labute approximate surface area is 159 Å². The summed E-state index contributed by atoms with van der Waals surface area (Å²) in [6.07, 6.45) is 9.38. The van der Waals surface area contributed by atoms with Gasteiger partial charge in [0, 0.05) is 37.6 Å². The minimum Gasteiger partial charge on any atom is -0.390 e. The fourth-order valence-electron chi connectivity index (χ4n) is 3.87. The Kier molecular flexibility index (Phi) is 4.99. The molecule has 7 nitrogen and oxygen atoms in total. The third-order valence-corrected chi connectivity index (χ3v) is 5.62. The van der Waals surface area contributed by atoms with Crippen LogP contribution < -0.4 is 11.1 Å². The van der Waals surface area contributed by atoms with Crippen molar-refractivity contribution in [1.29, 1.82) is 0 Å². The molecule has 0 radical (unpaired) electrons. The third-order valence-electron chi connectivity index (χ3n) is 5.62. The minimum atomic E-state index is -0.468. The number of allylic oxidation sites excluding steroid dienone is 4. The van der Waals surface area contributed by atoms with Crippen molar-refractivity contribution in [3.63, 3.8) is 0 Å². The molecule has 4 N–H and O–H groups in total. The smallest absolute Gasteiger partial charge is 0.158 e. The van der Waals surface area contributed by atoms with Crippen molar-refractivity contribution in [1.82, 2.24) is 19.5 Å². The number of anilines is 1. The maximum absolute atomic E-state index is 10.1. The van der Waals surface area contributed by atoms with Crippen molar-refractivity contribution in [2.75, 3.05) is 18.4 Å². The van der Waals surface area contributed by atoms with Crippen molar-refractivity contribution in [2.24, 2.45) is 11.7 Å². The maximum atomic E-state index is 10.1. The lowest BCUT2D eigenvalue weighted by Crippen LogP contribution is -2.50. The summed E-state index contributed by atoms with van der Waals surface area (Å²) in [5.41, 5.74) is 10.5. The SMILES string of the molecule is CC1=CCC(C)C(Nc2ncnn3ccc(CN4CCC(N)[C@@H](O)C4)c23)=C1. The molecule has 1 saturated heterocycles. The summed E-state index contributed by atoms with van der Waals surface area (Å²) in [5, 5.41) is 18.0. The van der Waals surface area contributed by atoms with Crippen LogP contribution in [0.15, 0.2) is 42.0 Å². The Morgan fingerprint density at radius 3 is 3.07 bits per heavy atom. The summed E-state index contributed by atoms with van der Waals surface area (Å²) < 4.78 is 1.87. The summed E-state index contributed by atoms with van der Waals surface area (Å²) in [4.78, 5) is 6.77. The molecule has 27 heavy (non-hydrogen) atoms. The Morgan fingerprint density at radius 1 is 1.41 bits per heavy atom. The van der Waals surface area contributed by atoms with Crippen LogP contribution in [0.3, 0.4) is 0 Å². The van der Waals surface area contributed by atoms with E-state index in [4.69, 9.17) is 5.73 Å². The van der Waals surface area contributed by atoms with Crippen LogP contribution in [0.25, 0.3) is 5.52 Å². The van der Waals surface area contributed by atoms with Crippen LogP contribution in [0.2, 0.25) is 0 Å². The van der Waals surface area contributed by atoms with E-state index in [1.165, 1.54) is 11.3 Å². The number of piperidine rings is 1. The molecule has 0 spiro atoms. The predicted octanol–water partition coefficient (Wildman–Crippen LogP) is 1.91. The van der Waals surface area contributed by atoms with E-state index < -0.39 is 6.10 Å². The molecule has 144 valence electrons. The van der Waals surface area contributed by atoms with Gasteiger partial charge >= 0.3 is 0 Å². The number of hydrogen-bond acceptors (Lipinski definition) is 6. The van der Waals surface area contributed by atoms with Gasteiger partial charge in [0.2, 0.25) is 0 Å². The first-order valence-corrected chi connectivity index (χ1v) is 9.64. The molecule has 2 unspecified atom stereocenters. The average Bonchev–Trinajstić information content (AvgIpc) is 3.05. The van der Waals surface area contributed by atoms with Gasteiger partial charge in [0.05, 0.1) is 6.10 Å². The van der Waals surface area contributed by atoms with Gasteiger partial charge in [-0.15, -0.1) is 0 Å². The van der Waals surface area contributed by atoms with E-state index in [-0.39, 0.29) is 6.04 Å². The van der Waals surface area contributed by atoms with Crippen molar-refractivity contribution in [2.45, 2.75) is 45.4 Å². The molecule has 1 aliphatic carbocycles. The first-order valence-electron chi connectivity index (χ1n) is 9.64. The molecule has 1 fully saturated rings. The molecular formula is C20H28N6O. The van der Waals surface area contributed by atoms with Gasteiger partial charge in [-0.05, 0) is 43.4 Å². The van der Waals surface area contributed by atoms with Crippen LogP contribution in [0.5, 0.6) is 0 Å².